The van der Waals surface area contributed by atoms with Crippen LogP contribution in [-0.4, -0.2) is 12.6 Å². The molecule has 1 aliphatic heterocycles. The molecule has 2 unspecified atom stereocenters. The molecule has 1 aliphatic carbocycles. The molecule has 1 heterocycles. The van der Waals surface area contributed by atoms with Gasteiger partial charge in [0.15, 0.2) is 0 Å². The van der Waals surface area contributed by atoms with Gasteiger partial charge in [0, 0.05) is 5.92 Å². The average Bonchev–Trinajstić information content (AvgIpc) is 2.29. The van der Waals surface area contributed by atoms with E-state index in [0.717, 1.165) is 12.8 Å². The molecule has 1 saturated heterocycles. The van der Waals surface area contributed by atoms with Crippen molar-refractivity contribution >= 4 is 5.97 Å². The van der Waals surface area contributed by atoms with E-state index in [4.69, 9.17) is 4.74 Å². The summed E-state index contributed by atoms with van der Waals surface area (Å²) in [4.78, 5) is 11.3. The molecule has 0 aromatic heterocycles. The Balaban J connectivity index is 2.33. The second-order valence-corrected chi connectivity index (χ2v) is 3.59. The molecule has 0 amide bonds. The van der Waals surface area contributed by atoms with Crippen LogP contribution in [0, 0.1) is 11.3 Å². The highest BCUT2D eigenvalue weighted by atomic mass is 16.5. The topological polar surface area (TPSA) is 26.3 Å². The van der Waals surface area contributed by atoms with Crippen LogP contribution in [0.3, 0.4) is 0 Å². The lowest BCUT2D eigenvalue weighted by atomic mass is 9.73. The van der Waals surface area contributed by atoms with Crippen LogP contribution >= 0.6 is 0 Å². The van der Waals surface area contributed by atoms with Crippen LogP contribution in [0.15, 0.2) is 12.2 Å². The summed E-state index contributed by atoms with van der Waals surface area (Å²) < 4.78 is 5.01. The highest BCUT2D eigenvalue weighted by molar-refractivity contribution is 5.79. The normalized spacial score (nSPS) is 41.9. The van der Waals surface area contributed by atoms with Gasteiger partial charge in [-0.05, 0) is 19.8 Å². The Kier molecular flexibility index (Phi) is 1.31. The summed E-state index contributed by atoms with van der Waals surface area (Å²) in [6, 6.07) is 0. The van der Waals surface area contributed by atoms with E-state index < -0.39 is 0 Å². The molecule has 1 fully saturated rings. The number of rotatable bonds is 0. The van der Waals surface area contributed by atoms with E-state index in [9.17, 15) is 4.79 Å². The zero-order chi connectivity index (χ0) is 7.90. The summed E-state index contributed by atoms with van der Waals surface area (Å²) in [5.74, 6) is 0.329. The lowest BCUT2D eigenvalue weighted by molar-refractivity contribution is -0.146. The van der Waals surface area contributed by atoms with Crippen LogP contribution in [-0.2, 0) is 9.53 Å². The zero-order valence-corrected chi connectivity index (χ0v) is 6.67. The SMILES string of the molecule is CC12CCC=CC1COC2=O. The minimum atomic E-state index is -0.200. The molecule has 0 saturated carbocycles. The molecular formula is C9H12O2. The minimum absolute atomic E-state index is 0.00755. The molecule has 2 aliphatic rings. The van der Waals surface area contributed by atoms with E-state index >= 15 is 0 Å². The number of carbonyl (C=O) groups is 1. The Bertz CT molecular complexity index is 220. The van der Waals surface area contributed by atoms with E-state index in [1.54, 1.807) is 0 Å². The molecular weight excluding hydrogens is 140 g/mol. The van der Waals surface area contributed by atoms with E-state index in [1.807, 2.05) is 6.92 Å². The number of hydrogen-bond acceptors (Lipinski definition) is 2. The van der Waals surface area contributed by atoms with Gasteiger partial charge in [-0.15, -0.1) is 0 Å². The summed E-state index contributed by atoms with van der Waals surface area (Å²) in [5, 5.41) is 0. The maximum atomic E-state index is 11.3. The van der Waals surface area contributed by atoms with E-state index in [-0.39, 0.29) is 11.4 Å². The van der Waals surface area contributed by atoms with Crippen molar-refractivity contribution in [2.45, 2.75) is 19.8 Å². The van der Waals surface area contributed by atoms with E-state index in [1.165, 1.54) is 0 Å². The van der Waals surface area contributed by atoms with E-state index in [0.29, 0.717) is 12.5 Å². The van der Waals surface area contributed by atoms with Crippen LogP contribution in [0.25, 0.3) is 0 Å². The number of carbonyl (C=O) groups excluding carboxylic acids is 1. The highest BCUT2D eigenvalue weighted by Gasteiger charge is 2.47. The summed E-state index contributed by atoms with van der Waals surface area (Å²) >= 11 is 0. The average molecular weight is 152 g/mol. The molecule has 2 heteroatoms. The molecule has 2 atom stereocenters. The first-order valence-corrected chi connectivity index (χ1v) is 4.07. The summed E-state index contributed by atoms with van der Waals surface area (Å²) in [7, 11) is 0. The number of allylic oxidation sites excluding steroid dienone is 1. The van der Waals surface area contributed by atoms with Gasteiger partial charge in [0.1, 0.15) is 0 Å². The molecule has 0 aromatic carbocycles. The number of esters is 1. The first-order valence-electron chi connectivity index (χ1n) is 4.07. The van der Waals surface area contributed by atoms with Crippen LogP contribution in [0.1, 0.15) is 19.8 Å². The van der Waals surface area contributed by atoms with Crippen molar-refractivity contribution < 1.29 is 9.53 Å². The van der Waals surface area contributed by atoms with Gasteiger partial charge in [-0.2, -0.15) is 0 Å². The van der Waals surface area contributed by atoms with Crippen molar-refractivity contribution in [3.63, 3.8) is 0 Å². The van der Waals surface area contributed by atoms with Crippen LogP contribution < -0.4 is 0 Å². The predicted octanol–water partition coefficient (Wildman–Crippen LogP) is 1.52. The monoisotopic (exact) mass is 152 g/mol. The van der Waals surface area contributed by atoms with Crippen LogP contribution in [0.4, 0.5) is 0 Å². The third kappa shape index (κ3) is 0.817. The third-order valence-corrected chi connectivity index (χ3v) is 2.88. The smallest absolute Gasteiger partial charge is 0.312 e. The fraction of sp³-hybridized carbons (Fsp3) is 0.667. The summed E-state index contributed by atoms with van der Waals surface area (Å²) in [5.41, 5.74) is -0.200. The molecule has 11 heavy (non-hydrogen) atoms. The first-order chi connectivity index (χ1) is 5.23. The van der Waals surface area contributed by atoms with Crippen molar-refractivity contribution in [1.29, 1.82) is 0 Å². The molecule has 0 N–H and O–H groups in total. The molecule has 0 radical (unpaired) electrons. The zero-order valence-electron chi connectivity index (χ0n) is 6.67. The molecule has 60 valence electrons. The fourth-order valence-corrected chi connectivity index (χ4v) is 1.86. The Morgan fingerprint density at radius 2 is 2.55 bits per heavy atom. The lowest BCUT2D eigenvalue weighted by Crippen LogP contribution is -2.30. The quantitative estimate of drug-likeness (QED) is 0.388. The highest BCUT2D eigenvalue weighted by Crippen LogP contribution is 2.42. The minimum Gasteiger partial charge on any atom is -0.465 e. The van der Waals surface area contributed by atoms with Gasteiger partial charge in [0.25, 0.3) is 0 Å². The van der Waals surface area contributed by atoms with Gasteiger partial charge in [0.05, 0.1) is 12.0 Å². The Labute approximate surface area is 66.2 Å². The maximum absolute atomic E-state index is 11.3. The van der Waals surface area contributed by atoms with E-state index in [2.05, 4.69) is 12.2 Å². The second kappa shape index (κ2) is 2.10. The van der Waals surface area contributed by atoms with Gasteiger partial charge in [-0.1, -0.05) is 12.2 Å². The Morgan fingerprint density at radius 3 is 3.27 bits per heavy atom. The number of ether oxygens (including phenoxy) is 1. The maximum Gasteiger partial charge on any atom is 0.312 e. The van der Waals surface area contributed by atoms with Gasteiger partial charge in [-0.3, -0.25) is 4.79 Å². The van der Waals surface area contributed by atoms with Gasteiger partial charge >= 0.3 is 5.97 Å². The molecule has 2 nitrogen and oxygen atoms in total. The standard InChI is InChI=1S/C9H12O2/c1-9-5-3-2-4-7(9)6-11-8(9)10/h2,4,7H,3,5-6H2,1H3. The molecule has 2 rings (SSSR count). The molecule has 0 aromatic rings. The van der Waals surface area contributed by atoms with Crippen molar-refractivity contribution in [3.05, 3.63) is 12.2 Å². The second-order valence-electron chi connectivity index (χ2n) is 3.59. The van der Waals surface area contributed by atoms with Crippen LogP contribution in [0.2, 0.25) is 0 Å². The van der Waals surface area contributed by atoms with Crippen LogP contribution in [0.5, 0.6) is 0 Å². The van der Waals surface area contributed by atoms with Gasteiger partial charge < -0.3 is 4.74 Å². The molecule has 0 spiro atoms. The first kappa shape index (κ1) is 6.89. The van der Waals surface area contributed by atoms with Crippen molar-refractivity contribution in [2.24, 2.45) is 11.3 Å². The Hall–Kier alpha value is -0.790. The largest absolute Gasteiger partial charge is 0.465 e. The summed E-state index contributed by atoms with van der Waals surface area (Å²) in [6.07, 6.45) is 6.23. The fourth-order valence-electron chi connectivity index (χ4n) is 1.86. The number of hydrogen-bond donors (Lipinski definition) is 0. The van der Waals surface area contributed by atoms with Crippen molar-refractivity contribution in [2.75, 3.05) is 6.61 Å². The predicted molar refractivity (Wildman–Crippen MR) is 40.9 cm³/mol. The molecule has 0 bridgehead atoms. The van der Waals surface area contributed by atoms with Crippen molar-refractivity contribution in [1.82, 2.24) is 0 Å². The van der Waals surface area contributed by atoms with Gasteiger partial charge in [0.2, 0.25) is 0 Å². The lowest BCUT2D eigenvalue weighted by Gasteiger charge is -2.26. The number of cyclic esters (lactones) is 1. The van der Waals surface area contributed by atoms with Gasteiger partial charge in [-0.25, -0.2) is 0 Å². The van der Waals surface area contributed by atoms with Crippen molar-refractivity contribution in [3.8, 4) is 0 Å². The summed E-state index contributed by atoms with van der Waals surface area (Å²) in [6.45, 7) is 2.60. The third-order valence-electron chi connectivity index (χ3n) is 2.88. The number of fused-ring (bicyclic) bond motifs is 1. The Morgan fingerprint density at radius 1 is 1.73 bits per heavy atom.